The molecular formula is C14H14N2O2S. The number of hydrogen-bond acceptors (Lipinski definition) is 3. The topological polar surface area (TPSA) is 58.2 Å². The molecule has 0 saturated heterocycles. The third kappa shape index (κ3) is 3.42. The monoisotopic (exact) mass is 274 g/mol. The van der Waals surface area contributed by atoms with E-state index in [9.17, 15) is 9.59 Å². The van der Waals surface area contributed by atoms with Crippen LogP contribution in [0.25, 0.3) is 0 Å². The van der Waals surface area contributed by atoms with Crippen LogP contribution in [0.4, 0.5) is 5.69 Å². The first-order valence-electron chi connectivity index (χ1n) is 5.94. The number of carbonyl (C=O) groups excluding carboxylic acids is 2. The van der Waals surface area contributed by atoms with Crippen molar-refractivity contribution in [2.75, 3.05) is 11.9 Å². The van der Waals surface area contributed by atoms with Crippen LogP contribution in [0.3, 0.4) is 0 Å². The van der Waals surface area contributed by atoms with Crippen molar-refractivity contribution in [1.82, 2.24) is 5.32 Å². The summed E-state index contributed by atoms with van der Waals surface area (Å²) in [6.07, 6.45) is 0. The van der Waals surface area contributed by atoms with Gasteiger partial charge in [0.2, 0.25) is 0 Å². The zero-order valence-electron chi connectivity index (χ0n) is 10.5. The van der Waals surface area contributed by atoms with Crippen molar-refractivity contribution in [3.63, 3.8) is 0 Å². The predicted octanol–water partition coefficient (Wildman–Crippen LogP) is 2.75. The van der Waals surface area contributed by atoms with Gasteiger partial charge < -0.3 is 10.6 Å². The van der Waals surface area contributed by atoms with Gasteiger partial charge in [-0.05, 0) is 42.6 Å². The lowest BCUT2D eigenvalue weighted by Crippen LogP contribution is -2.22. The van der Waals surface area contributed by atoms with Crippen LogP contribution in [0.1, 0.15) is 27.0 Å². The zero-order valence-corrected chi connectivity index (χ0v) is 11.3. The molecule has 0 radical (unpaired) electrons. The van der Waals surface area contributed by atoms with E-state index in [-0.39, 0.29) is 11.8 Å². The summed E-state index contributed by atoms with van der Waals surface area (Å²) in [4.78, 5) is 24.0. The average Bonchev–Trinajstić information content (AvgIpc) is 2.94. The fourth-order valence-electron chi connectivity index (χ4n) is 1.57. The molecular weight excluding hydrogens is 260 g/mol. The van der Waals surface area contributed by atoms with Crippen LogP contribution in [0.2, 0.25) is 0 Å². The standard InChI is InChI=1S/C14H14N2O2S/c1-2-15-13(17)10-5-7-11(8-6-10)16-14(18)12-4-3-9-19-12/h3-9H,2H2,1H3,(H,15,17)(H,16,18). The number of anilines is 1. The van der Waals surface area contributed by atoms with Gasteiger partial charge in [-0.2, -0.15) is 0 Å². The van der Waals surface area contributed by atoms with Crippen LogP contribution in [0.5, 0.6) is 0 Å². The molecule has 0 spiro atoms. The molecule has 4 nitrogen and oxygen atoms in total. The number of amides is 2. The van der Waals surface area contributed by atoms with Crippen molar-refractivity contribution < 1.29 is 9.59 Å². The number of benzene rings is 1. The summed E-state index contributed by atoms with van der Waals surface area (Å²) in [7, 11) is 0. The SMILES string of the molecule is CCNC(=O)c1ccc(NC(=O)c2cccs2)cc1. The molecule has 19 heavy (non-hydrogen) atoms. The van der Waals surface area contributed by atoms with Gasteiger partial charge in [-0.1, -0.05) is 6.07 Å². The van der Waals surface area contributed by atoms with Crippen molar-refractivity contribution in [1.29, 1.82) is 0 Å². The Morgan fingerprint density at radius 2 is 1.84 bits per heavy atom. The first-order valence-corrected chi connectivity index (χ1v) is 6.82. The van der Waals surface area contributed by atoms with Gasteiger partial charge in [0.25, 0.3) is 11.8 Å². The Balaban J connectivity index is 2.03. The highest BCUT2D eigenvalue weighted by atomic mass is 32.1. The van der Waals surface area contributed by atoms with E-state index in [1.165, 1.54) is 11.3 Å². The molecule has 1 heterocycles. The van der Waals surface area contributed by atoms with Gasteiger partial charge in [0, 0.05) is 17.8 Å². The van der Waals surface area contributed by atoms with Crippen molar-refractivity contribution in [2.24, 2.45) is 0 Å². The summed E-state index contributed by atoms with van der Waals surface area (Å²) in [5, 5.41) is 7.36. The van der Waals surface area contributed by atoms with E-state index < -0.39 is 0 Å². The van der Waals surface area contributed by atoms with Crippen LogP contribution in [0, 0.1) is 0 Å². The fourth-order valence-corrected chi connectivity index (χ4v) is 2.19. The molecule has 2 rings (SSSR count). The first-order chi connectivity index (χ1) is 9.20. The van der Waals surface area contributed by atoms with Crippen LogP contribution in [0.15, 0.2) is 41.8 Å². The number of carbonyl (C=O) groups is 2. The molecule has 0 unspecified atom stereocenters. The summed E-state index contributed by atoms with van der Waals surface area (Å²) in [6.45, 7) is 2.46. The molecule has 0 aliphatic carbocycles. The van der Waals surface area contributed by atoms with E-state index >= 15 is 0 Å². The number of hydrogen-bond donors (Lipinski definition) is 2. The highest BCUT2D eigenvalue weighted by Crippen LogP contribution is 2.14. The van der Waals surface area contributed by atoms with Crippen molar-refractivity contribution in [3.8, 4) is 0 Å². The molecule has 5 heteroatoms. The van der Waals surface area contributed by atoms with Gasteiger partial charge in [-0.3, -0.25) is 9.59 Å². The average molecular weight is 274 g/mol. The van der Waals surface area contributed by atoms with Gasteiger partial charge in [0.1, 0.15) is 0 Å². The maximum atomic E-state index is 11.8. The Morgan fingerprint density at radius 1 is 1.11 bits per heavy atom. The summed E-state index contributed by atoms with van der Waals surface area (Å²) in [5.41, 5.74) is 1.25. The Bertz CT molecular complexity index is 562. The lowest BCUT2D eigenvalue weighted by atomic mass is 10.2. The van der Waals surface area contributed by atoms with Gasteiger partial charge in [-0.15, -0.1) is 11.3 Å². The van der Waals surface area contributed by atoms with Crippen LogP contribution >= 0.6 is 11.3 Å². The lowest BCUT2D eigenvalue weighted by Gasteiger charge is -2.05. The maximum absolute atomic E-state index is 11.8. The van der Waals surface area contributed by atoms with E-state index in [0.717, 1.165) is 0 Å². The molecule has 0 saturated carbocycles. The molecule has 1 aromatic heterocycles. The van der Waals surface area contributed by atoms with Gasteiger partial charge in [-0.25, -0.2) is 0 Å². The van der Waals surface area contributed by atoms with E-state index in [4.69, 9.17) is 0 Å². The van der Waals surface area contributed by atoms with E-state index in [1.54, 1.807) is 30.3 Å². The lowest BCUT2D eigenvalue weighted by molar-refractivity contribution is 0.0955. The minimum Gasteiger partial charge on any atom is -0.352 e. The molecule has 0 fully saturated rings. The smallest absolute Gasteiger partial charge is 0.265 e. The largest absolute Gasteiger partial charge is 0.352 e. The second-order valence-corrected chi connectivity index (χ2v) is 4.82. The zero-order chi connectivity index (χ0) is 13.7. The Labute approximate surface area is 115 Å². The quantitative estimate of drug-likeness (QED) is 0.900. The second-order valence-electron chi connectivity index (χ2n) is 3.87. The number of thiophene rings is 1. The Morgan fingerprint density at radius 3 is 2.42 bits per heavy atom. The third-order valence-corrected chi connectivity index (χ3v) is 3.36. The van der Waals surface area contributed by atoms with Gasteiger partial charge >= 0.3 is 0 Å². The molecule has 0 aliphatic heterocycles. The molecule has 1 aromatic carbocycles. The summed E-state index contributed by atoms with van der Waals surface area (Å²) in [6, 6.07) is 10.4. The van der Waals surface area contributed by atoms with Crippen molar-refractivity contribution in [2.45, 2.75) is 6.92 Å². The summed E-state index contributed by atoms with van der Waals surface area (Å²) < 4.78 is 0. The minimum absolute atomic E-state index is 0.112. The summed E-state index contributed by atoms with van der Waals surface area (Å²) in [5.74, 6) is -0.251. The molecule has 0 atom stereocenters. The van der Waals surface area contributed by atoms with E-state index in [0.29, 0.717) is 22.7 Å². The van der Waals surface area contributed by atoms with E-state index in [2.05, 4.69) is 10.6 Å². The normalized spacial score (nSPS) is 9.95. The summed E-state index contributed by atoms with van der Waals surface area (Å²) >= 11 is 1.39. The number of rotatable bonds is 4. The van der Waals surface area contributed by atoms with Crippen LogP contribution in [-0.4, -0.2) is 18.4 Å². The second kappa shape index (κ2) is 6.15. The van der Waals surface area contributed by atoms with E-state index in [1.807, 2.05) is 18.4 Å². The van der Waals surface area contributed by atoms with Crippen molar-refractivity contribution in [3.05, 3.63) is 52.2 Å². The molecule has 2 aromatic rings. The third-order valence-electron chi connectivity index (χ3n) is 2.49. The molecule has 2 N–H and O–H groups in total. The first kappa shape index (κ1) is 13.3. The number of nitrogens with one attached hydrogen (secondary N) is 2. The molecule has 0 aliphatic rings. The molecule has 2 amide bonds. The molecule has 0 bridgehead atoms. The fraction of sp³-hybridized carbons (Fsp3) is 0.143. The Hall–Kier alpha value is -2.14. The minimum atomic E-state index is -0.138. The van der Waals surface area contributed by atoms with Crippen LogP contribution < -0.4 is 10.6 Å². The highest BCUT2D eigenvalue weighted by Gasteiger charge is 2.08. The van der Waals surface area contributed by atoms with Gasteiger partial charge in [0.15, 0.2) is 0 Å². The predicted molar refractivity (Wildman–Crippen MR) is 76.7 cm³/mol. The maximum Gasteiger partial charge on any atom is 0.265 e. The highest BCUT2D eigenvalue weighted by molar-refractivity contribution is 7.12. The van der Waals surface area contributed by atoms with Crippen molar-refractivity contribution >= 4 is 28.8 Å². The van der Waals surface area contributed by atoms with Gasteiger partial charge in [0.05, 0.1) is 4.88 Å². The molecule has 98 valence electrons. The Kier molecular flexibility index (Phi) is 4.30. The van der Waals surface area contributed by atoms with Crippen LogP contribution in [-0.2, 0) is 0 Å².